The maximum absolute atomic E-state index is 11.7. The monoisotopic (exact) mass is 217 g/mol. The van der Waals surface area contributed by atoms with Crippen molar-refractivity contribution in [3.05, 3.63) is 51.7 Å². The van der Waals surface area contributed by atoms with E-state index in [1.807, 2.05) is 38.1 Å². The number of hydrogen-bond acceptors (Lipinski definition) is 2. The Bertz CT molecular complexity index is 549. The zero-order chi connectivity index (χ0) is 11.7. The van der Waals surface area contributed by atoms with E-state index in [9.17, 15) is 4.79 Å². The number of nitrogens with one attached hydrogen (secondary N) is 1. The lowest BCUT2D eigenvalue weighted by Gasteiger charge is -2.05. The average Bonchev–Trinajstić information content (AvgIpc) is 2.54. The van der Waals surface area contributed by atoms with Crippen LogP contribution in [-0.2, 0) is 6.54 Å². The number of H-pyrrole nitrogens is 1. The summed E-state index contributed by atoms with van der Waals surface area (Å²) in [5.41, 5.74) is 9.18. The first-order chi connectivity index (χ1) is 7.63. The Morgan fingerprint density at radius 2 is 1.88 bits per heavy atom. The number of aromatic nitrogens is 2. The molecular formula is C12H15N3O. The van der Waals surface area contributed by atoms with E-state index in [4.69, 9.17) is 5.73 Å². The highest BCUT2D eigenvalue weighted by Crippen LogP contribution is 2.11. The number of hydrogen-bond donors (Lipinski definition) is 2. The molecule has 1 aromatic heterocycles. The number of imidazole rings is 1. The number of benzene rings is 1. The molecule has 2 aromatic rings. The second kappa shape index (κ2) is 3.98. The van der Waals surface area contributed by atoms with Gasteiger partial charge in [0.15, 0.2) is 0 Å². The van der Waals surface area contributed by atoms with E-state index in [-0.39, 0.29) is 5.69 Å². The van der Waals surface area contributed by atoms with Gasteiger partial charge >= 0.3 is 5.69 Å². The van der Waals surface area contributed by atoms with Gasteiger partial charge in [-0.2, -0.15) is 0 Å². The van der Waals surface area contributed by atoms with E-state index in [1.54, 1.807) is 4.57 Å². The summed E-state index contributed by atoms with van der Waals surface area (Å²) in [4.78, 5) is 14.5. The van der Waals surface area contributed by atoms with Crippen molar-refractivity contribution < 1.29 is 0 Å². The first-order valence-corrected chi connectivity index (χ1v) is 5.21. The van der Waals surface area contributed by atoms with Crippen molar-refractivity contribution >= 4 is 0 Å². The van der Waals surface area contributed by atoms with Crippen LogP contribution >= 0.6 is 0 Å². The average molecular weight is 217 g/mol. The normalized spacial score (nSPS) is 10.7. The molecule has 3 N–H and O–H groups in total. The molecular weight excluding hydrogens is 202 g/mol. The van der Waals surface area contributed by atoms with Gasteiger partial charge in [-0.3, -0.25) is 4.57 Å². The lowest BCUT2D eigenvalue weighted by atomic mass is 10.2. The summed E-state index contributed by atoms with van der Waals surface area (Å²) in [5.74, 6) is 0. The molecule has 1 aromatic carbocycles. The molecule has 1 heterocycles. The summed E-state index contributed by atoms with van der Waals surface area (Å²) < 4.78 is 1.66. The van der Waals surface area contributed by atoms with Crippen molar-refractivity contribution in [3.63, 3.8) is 0 Å². The molecule has 0 amide bonds. The van der Waals surface area contributed by atoms with E-state index in [0.717, 1.165) is 22.6 Å². The van der Waals surface area contributed by atoms with Crippen molar-refractivity contribution in [2.75, 3.05) is 0 Å². The molecule has 84 valence electrons. The van der Waals surface area contributed by atoms with E-state index in [1.165, 1.54) is 0 Å². The lowest BCUT2D eigenvalue weighted by molar-refractivity contribution is 0.945. The zero-order valence-corrected chi connectivity index (χ0v) is 9.45. The van der Waals surface area contributed by atoms with E-state index in [2.05, 4.69) is 4.98 Å². The van der Waals surface area contributed by atoms with Crippen LogP contribution in [0.1, 0.15) is 17.0 Å². The van der Waals surface area contributed by atoms with Gasteiger partial charge in [0.2, 0.25) is 0 Å². The summed E-state index contributed by atoms with van der Waals surface area (Å²) in [7, 11) is 0. The third kappa shape index (κ3) is 1.67. The quantitative estimate of drug-likeness (QED) is 0.795. The Kier molecular flexibility index (Phi) is 2.66. The molecule has 4 heteroatoms. The first kappa shape index (κ1) is 10.7. The highest BCUT2D eigenvalue weighted by Gasteiger charge is 2.07. The topological polar surface area (TPSA) is 63.8 Å². The number of nitrogens with two attached hydrogens (primary N) is 1. The van der Waals surface area contributed by atoms with E-state index >= 15 is 0 Å². The van der Waals surface area contributed by atoms with Gasteiger partial charge in [-0.1, -0.05) is 12.1 Å². The van der Waals surface area contributed by atoms with Crippen molar-refractivity contribution in [1.82, 2.24) is 9.55 Å². The largest absolute Gasteiger partial charge is 0.330 e. The van der Waals surface area contributed by atoms with Crippen LogP contribution in [0.15, 0.2) is 29.1 Å². The number of aryl methyl sites for hydroxylation is 1. The molecule has 0 unspecified atom stereocenters. The van der Waals surface area contributed by atoms with Gasteiger partial charge in [0.25, 0.3) is 0 Å². The molecule has 2 rings (SSSR count). The standard InChI is InChI=1S/C12H15N3O/c1-8-9(2)15(12(16)14-8)11-5-3-10(7-13)4-6-11/h3-6H,7,13H2,1-2H3,(H,14,16). The third-order valence-electron chi connectivity index (χ3n) is 2.81. The molecule has 4 nitrogen and oxygen atoms in total. The van der Waals surface area contributed by atoms with E-state index < -0.39 is 0 Å². The predicted octanol–water partition coefficient (Wildman–Crippen LogP) is 1.24. The molecule has 16 heavy (non-hydrogen) atoms. The van der Waals surface area contributed by atoms with E-state index in [0.29, 0.717) is 6.54 Å². The maximum atomic E-state index is 11.7. The SMILES string of the molecule is Cc1[nH]c(=O)n(-c2ccc(CN)cc2)c1C. The molecule has 0 aliphatic rings. The molecule has 0 saturated carbocycles. The molecule has 0 aliphatic heterocycles. The summed E-state index contributed by atoms with van der Waals surface area (Å²) in [6.45, 7) is 4.33. The van der Waals surface area contributed by atoms with Crippen LogP contribution in [0.2, 0.25) is 0 Å². The van der Waals surface area contributed by atoms with Crippen LogP contribution in [0.25, 0.3) is 5.69 Å². The number of rotatable bonds is 2. The molecule has 0 atom stereocenters. The van der Waals surface area contributed by atoms with Gasteiger partial charge < -0.3 is 10.7 Å². The van der Waals surface area contributed by atoms with Crippen LogP contribution in [0.5, 0.6) is 0 Å². The van der Waals surface area contributed by atoms with Crippen molar-refractivity contribution in [1.29, 1.82) is 0 Å². The molecule has 0 bridgehead atoms. The summed E-state index contributed by atoms with van der Waals surface area (Å²) in [6, 6.07) is 7.68. The Hall–Kier alpha value is -1.81. The van der Waals surface area contributed by atoms with Gasteiger partial charge in [-0.25, -0.2) is 4.79 Å². The molecule has 0 spiro atoms. The Balaban J connectivity index is 2.54. The second-order valence-corrected chi connectivity index (χ2v) is 3.85. The van der Waals surface area contributed by atoms with Crippen LogP contribution < -0.4 is 11.4 Å². The summed E-state index contributed by atoms with van der Waals surface area (Å²) in [5, 5.41) is 0. The Morgan fingerprint density at radius 3 is 2.31 bits per heavy atom. The fourth-order valence-electron chi connectivity index (χ4n) is 1.72. The van der Waals surface area contributed by atoms with Gasteiger partial charge in [-0.15, -0.1) is 0 Å². The maximum Gasteiger partial charge on any atom is 0.330 e. The minimum absolute atomic E-state index is 0.101. The number of nitrogens with zero attached hydrogens (tertiary/aromatic N) is 1. The van der Waals surface area contributed by atoms with Crippen LogP contribution in [-0.4, -0.2) is 9.55 Å². The number of aromatic amines is 1. The Morgan fingerprint density at radius 1 is 1.25 bits per heavy atom. The van der Waals surface area contributed by atoms with Gasteiger partial charge in [0.05, 0.1) is 5.69 Å². The summed E-state index contributed by atoms with van der Waals surface area (Å²) in [6.07, 6.45) is 0. The highest BCUT2D eigenvalue weighted by molar-refractivity contribution is 5.37. The van der Waals surface area contributed by atoms with Crippen LogP contribution in [0.4, 0.5) is 0 Å². The molecule has 0 fully saturated rings. The molecule has 0 radical (unpaired) electrons. The van der Waals surface area contributed by atoms with Crippen molar-refractivity contribution in [2.24, 2.45) is 5.73 Å². The van der Waals surface area contributed by atoms with Gasteiger partial charge in [0.1, 0.15) is 0 Å². The first-order valence-electron chi connectivity index (χ1n) is 5.21. The van der Waals surface area contributed by atoms with Gasteiger partial charge in [-0.05, 0) is 31.5 Å². The summed E-state index contributed by atoms with van der Waals surface area (Å²) >= 11 is 0. The van der Waals surface area contributed by atoms with Crippen LogP contribution in [0.3, 0.4) is 0 Å². The lowest BCUT2D eigenvalue weighted by Crippen LogP contribution is -2.15. The van der Waals surface area contributed by atoms with Gasteiger partial charge in [0, 0.05) is 17.9 Å². The fourth-order valence-corrected chi connectivity index (χ4v) is 1.72. The minimum Gasteiger partial charge on any atom is -0.326 e. The van der Waals surface area contributed by atoms with Crippen molar-refractivity contribution in [2.45, 2.75) is 20.4 Å². The molecule has 0 saturated heterocycles. The smallest absolute Gasteiger partial charge is 0.326 e. The minimum atomic E-state index is -0.101. The predicted molar refractivity (Wildman–Crippen MR) is 63.8 cm³/mol. The van der Waals surface area contributed by atoms with Crippen molar-refractivity contribution in [3.8, 4) is 5.69 Å². The van der Waals surface area contributed by atoms with Crippen LogP contribution in [0, 0.1) is 13.8 Å². The molecule has 0 aliphatic carbocycles. The zero-order valence-electron chi connectivity index (χ0n) is 9.45. The highest BCUT2D eigenvalue weighted by atomic mass is 16.1. The Labute approximate surface area is 93.7 Å². The fraction of sp³-hybridized carbons (Fsp3) is 0.250. The second-order valence-electron chi connectivity index (χ2n) is 3.85. The third-order valence-corrected chi connectivity index (χ3v) is 2.81.